The Balaban J connectivity index is 2.52. The van der Waals surface area contributed by atoms with Gasteiger partial charge in [0, 0.05) is 5.54 Å². The maximum atomic E-state index is 8.40. The Morgan fingerprint density at radius 3 is 2.75 bits per heavy atom. The lowest BCUT2D eigenvalue weighted by atomic mass is 10.0. The fraction of sp³-hybridized carbons (Fsp3) is 0.875. The number of hydrogen-bond acceptors (Lipinski definition) is 3. The van der Waals surface area contributed by atoms with Crippen LogP contribution in [0.1, 0.15) is 26.7 Å². The SMILES string of the molecule is CC1(C)CCCN1CC(N)=NO. The van der Waals surface area contributed by atoms with Crippen molar-refractivity contribution in [3.8, 4) is 0 Å². The lowest BCUT2D eigenvalue weighted by molar-refractivity contribution is 0.198. The number of hydrogen-bond donors (Lipinski definition) is 2. The van der Waals surface area contributed by atoms with Crippen LogP contribution in [-0.4, -0.2) is 34.6 Å². The van der Waals surface area contributed by atoms with E-state index in [4.69, 9.17) is 10.9 Å². The average Bonchev–Trinajstić information content (AvgIpc) is 2.31. The third-order valence-corrected chi connectivity index (χ3v) is 2.55. The first-order valence-corrected chi connectivity index (χ1v) is 4.28. The van der Waals surface area contributed by atoms with Gasteiger partial charge in [-0.25, -0.2) is 0 Å². The van der Waals surface area contributed by atoms with Crippen molar-refractivity contribution in [2.75, 3.05) is 13.1 Å². The molecular weight excluding hydrogens is 154 g/mol. The second kappa shape index (κ2) is 3.31. The van der Waals surface area contributed by atoms with Crippen molar-refractivity contribution in [2.45, 2.75) is 32.2 Å². The van der Waals surface area contributed by atoms with Crippen LogP contribution < -0.4 is 5.73 Å². The number of nitrogens with zero attached hydrogens (tertiary/aromatic N) is 2. The minimum atomic E-state index is 0.204. The average molecular weight is 171 g/mol. The zero-order valence-corrected chi connectivity index (χ0v) is 7.75. The minimum Gasteiger partial charge on any atom is -0.409 e. The Labute approximate surface area is 73.0 Å². The molecule has 12 heavy (non-hydrogen) atoms. The molecule has 1 rings (SSSR count). The summed E-state index contributed by atoms with van der Waals surface area (Å²) in [6.45, 7) is 5.99. The van der Waals surface area contributed by atoms with E-state index < -0.39 is 0 Å². The Hall–Kier alpha value is -0.770. The van der Waals surface area contributed by atoms with Crippen LogP contribution in [0.3, 0.4) is 0 Å². The van der Waals surface area contributed by atoms with Gasteiger partial charge in [-0.3, -0.25) is 4.90 Å². The van der Waals surface area contributed by atoms with E-state index >= 15 is 0 Å². The standard InChI is InChI=1S/C8H17N3O/c1-8(2)4-3-5-11(8)6-7(9)10-12/h12H,3-6H2,1-2H3,(H2,9,10). The zero-order chi connectivity index (χ0) is 9.19. The monoisotopic (exact) mass is 171 g/mol. The topological polar surface area (TPSA) is 61.8 Å². The Bertz CT molecular complexity index is 189. The number of oxime groups is 1. The van der Waals surface area contributed by atoms with Crippen molar-refractivity contribution in [2.24, 2.45) is 10.9 Å². The summed E-state index contributed by atoms with van der Waals surface area (Å²) in [7, 11) is 0. The van der Waals surface area contributed by atoms with Crippen LogP contribution >= 0.6 is 0 Å². The van der Waals surface area contributed by atoms with Gasteiger partial charge >= 0.3 is 0 Å². The van der Waals surface area contributed by atoms with Gasteiger partial charge in [0.05, 0.1) is 6.54 Å². The van der Waals surface area contributed by atoms with Gasteiger partial charge in [-0.2, -0.15) is 0 Å². The second-order valence-electron chi connectivity index (χ2n) is 3.93. The van der Waals surface area contributed by atoms with Crippen molar-refractivity contribution in [3.05, 3.63) is 0 Å². The molecule has 0 aromatic rings. The molecule has 0 bridgehead atoms. The fourth-order valence-electron chi connectivity index (χ4n) is 1.68. The van der Waals surface area contributed by atoms with E-state index in [1.165, 1.54) is 12.8 Å². The summed E-state index contributed by atoms with van der Waals surface area (Å²) in [5.41, 5.74) is 5.64. The molecule has 0 radical (unpaired) electrons. The predicted octanol–water partition coefficient (Wildman–Crippen LogP) is 0.607. The van der Waals surface area contributed by atoms with Gasteiger partial charge in [-0.15, -0.1) is 0 Å². The quantitative estimate of drug-likeness (QED) is 0.277. The highest BCUT2D eigenvalue weighted by atomic mass is 16.4. The summed E-state index contributed by atoms with van der Waals surface area (Å²) in [5.74, 6) is 0.296. The molecule has 0 amide bonds. The van der Waals surface area contributed by atoms with E-state index in [1.54, 1.807) is 0 Å². The Morgan fingerprint density at radius 2 is 2.33 bits per heavy atom. The Morgan fingerprint density at radius 1 is 1.67 bits per heavy atom. The van der Waals surface area contributed by atoms with E-state index in [0.717, 1.165) is 6.54 Å². The summed E-state index contributed by atoms with van der Waals surface area (Å²) >= 11 is 0. The van der Waals surface area contributed by atoms with E-state index in [9.17, 15) is 0 Å². The van der Waals surface area contributed by atoms with Crippen LogP contribution in [0.2, 0.25) is 0 Å². The van der Waals surface area contributed by atoms with Crippen molar-refractivity contribution in [3.63, 3.8) is 0 Å². The minimum absolute atomic E-state index is 0.204. The number of rotatable bonds is 2. The molecule has 1 heterocycles. The first-order valence-electron chi connectivity index (χ1n) is 4.28. The van der Waals surface area contributed by atoms with E-state index in [-0.39, 0.29) is 5.54 Å². The molecule has 4 heteroatoms. The highest BCUT2D eigenvalue weighted by Gasteiger charge is 2.31. The highest BCUT2D eigenvalue weighted by molar-refractivity contribution is 5.81. The van der Waals surface area contributed by atoms with Crippen molar-refractivity contribution in [1.29, 1.82) is 0 Å². The maximum absolute atomic E-state index is 8.40. The van der Waals surface area contributed by atoms with E-state index in [1.807, 2.05) is 0 Å². The summed E-state index contributed by atoms with van der Waals surface area (Å²) in [6.07, 6.45) is 2.39. The molecule has 0 saturated carbocycles. The van der Waals surface area contributed by atoms with Gasteiger partial charge in [0.1, 0.15) is 0 Å². The van der Waals surface area contributed by atoms with Crippen LogP contribution in [0.5, 0.6) is 0 Å². The van der Waals surface area contributed by atoms with Gasteiger partial charge in [-0.05, 0) is 33.2 Å². The van der Waals surface area contributed by atoms with Gasteiger partial charge in [0.2, 0.25) is 0 Å². The molecule has 0 aliphatic carbocycles. The lowest BCUT2D eigenvalue weighted by Gasteiger charge is -2.30. The van der Waals surface area contributed by atoms with E-state index in [0.29, 0.717) is 12.4 Å². The maximum Gasteiger partial charge on any atom is 0.153 e. The van der Waals surface area contributed by atoms with Gasteiger partial charge in [-0.1, -0.05) is 5.16 Å². The zero-order valence-electron chi connectivity index (χ0n) is 7.75. The third-order valence-electron chi connectivity index (χ3n) is 2.55. The molecule has 4 nitrogen and oxygen atoms in total. The van der Waals surface area contributed by atoms with Crippen molar-refractivity contribution >= 4 is 5.84 Å². The van der Waals surface area contributed by atoms with Gasteiger partial charge in [0.15, 0.2) is 5.84 Å². The molecule has 0 unspecified atom stereocenters. The molecule has 0 spiro atoms. The first kappa shape index (κ1) is 9.32. The lowest BCUT2D eigenvalue weighted by Crippen LogP contribution is -2.43. The summed E-state index contributed by atoms with van der Waals surface area (Å²) in [5, 5.41) is 11.4. The molecule has 0 aromatic carbocycles. The highest BCUT2D eigenvalue weighted by Crippen LogP contribution is 2.27. The van der Waals surface area contributed by atoms with Crippen LogP contribution in [-0.2, 0) is 0 Å². The molecule has 0 atom stereocenters. The van der Waals surface area contributed by atoms with Gasteiger partial charge in [0.25, 0.3) is 0 Å². The molecule has 1 fully saturated rings. The smallest absolute Gasteiger partial charge is 0.153 e. The third kappa shape index (κ3) is 1.88. The summed E-state index contributed by atoms with van der Waals surface area (Å²) < 4.78 is 0. The van der Waals surface area contributed by atoms with Gasteiger partial charge < -0.3 is 10.9 Å². The van der Waals surface area contributed by atoms with Crippen molar-refractivity contribution < 1.29 is 5.21 Å². The Kier molecular flexibility index (Phi) is 2.57. The predicted molar refractivity (Wildman–Crippen MR) is 48.3 cm³/mol. The van der Waals surface area contributed by atoms with Crippen LogP contribution in [0.25, 0.3) is 0 Å². The molecular formula is C8H17N3O. The normalized spacial score (nSPS) is 24.7. The molecule has 0 aromatic heterocycles. The second-order valence-corrected chi connectivity index (χ2v) is 3.93. The van der Waals surface area contributed by atoms with Crippen LogP contribution in [0.4, 0.5) is 0 Å². The molecule has 3 N–H and O–H groups in total. The largest absolute Gasteiger partial charge is 0.409 e. The van der Waals surface area contributed by atoms with Crippen LogP contribution in [0, 0.1) is 0 Å². The fourth-order valence-corrected chi connectivity index (χ4v) is 1.68. The van der Waals surface area contributed by atoms with Crippen molar-refractivity contribution in [1.82, 2.24) is 4.90 Å². The molecule has 70 valence electrons. The number of amidine groups is 1. The molecule has 1 aliphatic rings. The van der Waals surface area contributed by atoms with Crippen LogP contribution in [0.15, 0.2) is 5.16 Å². The number of nitrogens with two attached hydrogens (primary N) is 1. The first-order chi connectivity index (χ1) is 5.56. The molecule has 1 saturated heterocycles. The number of likely N-dealkylation sites (tertiary alicyclic amines) is 1. The summed E-state index contributed by atoms with van der Waals surface area (Å²) in [4.78, 5) is 2.24. The molecule has 1 aliphatic heterocycles. The van der Waals surface area contributed by atoms with E-state index in [2.05, 4.69) is 23.9 Å². The summed E-state index contributed by atoms with van der Waals surface area (Å²) in [6, 6.07) is 0.